The van der Waals surface area contributed by atoms with Gasteiger partial charge in [0.15, 0.2) is 0 Å². The number of benzene rings is 3. The number of hydrogen-bond acceptors (Lipinski definition) is 1. The first-order valence-corrected chi connectivity index (χ1v) is 12.2. The zero-order valence-corrected chi connectivity index (χ0v) is 19.0. The van der Waals surface area contributed by atoms with Gasteiger partial charge in [-0.05, 0) is 52.5 Å². The molecule has 2 aliphatic rings. The lowest BCUT2D eigenvalue weighted by molar-refractivity contribution is 0.0911. The summed E-state index contributed by atoms with van der Waals surface area (Å²) in [5.41, 5.74) is 4.52. The fraction of sp³-hybridized carbons (Fsp3) is 0.367. The molecule has 2 saturated carbocycles. The van der Waals surface area contributed by atoms with E-state index in [4.69, 9.17) is 0 Å². The molecule has 164 valence electrons. The first-order valence-electron chi connectivity index (χ1n) is 12.2. The predicted octanol–water partition coefficient (Wildman–Crippen LogP) is 7.43. The molecule has 0 saturated heterocycles. The first kappa shape index (κ1) is 21.0. The summed E-state index contributed by atoms with van der Waals surface area (Å²) in [7, 11) is 0. The van der Waals surface area contributed by atoms with Crippen LogP contribution in [0.15, 0.2) is 84.9 Å². The summed E-state index contributed by atoms with van der Waals surface area (Å²) in [5.74, 6) is 1.55. The SMILES string of the molecule is C[C@@]1([C@@H](NC(=O)c2ccccc2)c2ccc(-c3ccccc3)cc2)C[C@H]1C1CCCCC1. The number of carbonyl (C=O) groups excluding carboxylic acids is 1. The van der Waals surface area contributed by atoms with Gasteiger partial charge < -0.3 is 5.32 Å². The number of nitrogens with one attached hydrogen (secondary N) is 1. The van der Waals surface area contributed by atoms with E-state index in [9.17, 15) is 4.79 Å². The Hall–Kier alpha value is -2.87. The highest BCUT2D eigenvalue weighted by Crippen LogP contribution is 2.65. The van der Waals surface area contributed by atoms with Gasteiger partial charge >= 0.3 is 0 Å². The standard InChI is InChI=1S/C30H33NO/c1-30(21-27(30)24-13-7-3-8-14-24)28(31-29(32)26-15-9-4-10-16-26)25-19-17-23(18-20-25)22-11-5-2-6-12-22/h2,4-6,9-12,15-20,24,27-28H,3,7-8,13-14,21H2,1H3,(H,31,32)/t27-,28-,30+/m0/s1. The van der Waals surface area contributed by atoms with Gasteiger partial charge in [0.1, 0.15) is 0 Å². The third kappa shape index (κ3) is 4.24. The van der Waals surface area contributed by atoms with Crippen LogP contribution in [0.1, 0.15) is 67.4 Å². The van der Waals surface area contributed by atoms with Gasteiger partial charge in [0, 0.05) is 5.56 Å². The second-order valence-corrected chi connectivity index (χ2v) is 9.98. The zero-order valence-electron chi connectivity index (χ0n) is 19.0. The summed E-state index contributed by atoms with van der Waals surface area (Å²) in [6, 6.07) is 29.0. The smallest absolute Gasteiger partial charge is 0.251 e. The third-order valence-electron chi connectivity index (χ3n) is 7.89. The van der Waals surface area contributed by atoms with Crippen molar-refractivity contribution in [2.45, 2.75) is 51.5 Å². The molecule has 2 aliphatic carbocycles. The molecule has 2 nitrogen and oxygen atoms in total. The van der Waals surface area contributed by atoms with Crippen LogP contribution in [0.4, 0.5) is 0 Å². The fourth-order valence-corrected chi connectivity index (χ4v) is 5.92. The molecule has 1 N–H and O–H groups in total. The summed E-state index contributed by atoms with van der Waals surface area (Å²) in [6.07, 6.45) is 8.03. The number of carbonyl (C=O) groups is 1. The lowest BCUT2D eigenvalue weighted by atomic mass is 9.79. The molecule has 3 aromatic carbocycles. The topological polar surface area (TPSA) is 29.1 Å². The van der Waals surface area contributed by atoms with Gasteiger partial charge in [-0.25, -0.2) is 0 Å². The second-order valence-electron chi connectivity index (χ2n) is 9.98. The highest BCUT2D eigenvalue weighted by atomic mass is 16.1. The minimum absolute atomic E-state index is 0.0262. The largest absolute Gasteiger partial charge is 0.345 e. The Morgan fingerprint density at radius 2 is 1.41 bits per heavy atom. The van der Waals surface area contributed by atoms with Crippen molar-refractivity contribution in [3.63, 3.8) is 0 Å². The van der Waals surface area contributed by atoms with Crippen LogP contribution in [0.2, 0.25) is 0 Å². The third-order valence-corrected chi connectivity index (χ3v) is 7.89. The number of amides is 1. The van der Waals surface area contributed by atoms with E-state index in [0.29, 0.717) is 5.92 Å². The highest BCUT2D eigenvalue weighted by Gasteiger charge is 2.58. The molecular formula is C30H33NO. The van der Waals surface area contributed by atoms with Gasteiger partial charge in [0.25, 0.3) is 5.91 Å². The van der Waals surface area contributed by atoms with E-state index in [2.05, 4.69) is 60.8 Å². The van der Waals surface area contributed by atoms with Crippen molar-refractivity contribution in [1.29, 1.82) is 0 Å². The molecule has 2 fully saturated rings. The van der Waals surface area contributed by atoms with Crippen LogP contribution in [0, 0.1) is 17.3 Å². The van der Waals surface area contributed by atoms with Crippen LogP contribution in [0.25, 0.3) is 11.1 Å². The molecule has 0 radical (unpaired) electrons. The van der Waals surface area contributed by atoms with Crippen LogP contribution in [-0.2, 0) is 0 Å². The summed E-state index contributed by atoms with van der Waals surface area (Å²) >= 11 is 0. The molecule has 0 aliphatic heterocycles. The van der Waals surface area contributed by atoms with Crippen molar-refractivity contribution in [3.8, 4) is 11.1 Å². The Balaban J connectivity index is 1.42. The summed E-state index contributed by atoms with van der Waals surface area (Å²) in [4.78, 5) is 13.2. The molecule has 3 aromatic rings. The molecule has 32 heavy (non-hydrogen) atoms. The Bertz CT molecular complexity index is 1040. The molecule has 1 amide bonds. The van der Waals surface area contributed by atoms with Crippen LogP contribution in [-0.4, -0.2) is 5.91 Å². The molecule has 0 heterocycles. The van der Waals surface area contributed by atoms with Crippen LogP contribution >= 0.6 is 0 Å². The first-order chi connectivity index (χ1) is 15.6. The summed E-state index contributed by atoms with van der Waals surface area (Å²) in [6.45, 7) is 2.40. The molecule has 5 rings (SSSR count). The maximum Gasteiger partial charge on any atom is 0.251 e. The van der Waals surface area contributed by atoms with Crippen molar-refractivity contribution in [2.24, 2.45) is 17.3 Å². The predicted molar refractivity (Wildman–Crippen MR) is 131 cm³/mol. The van der Waals surface area contributed by atoms with Gasteiger partial charge in [0.2, 0.25) is 0 Å². The van der Waals surface area contributed by atoms with Crippen molar-refractivity contribution >= 4 is 5.91 Å². The Morgan fingerprint density at radius 1 is 0.812 bits per heavy atom. The van der Waals surface area contributed by atoms with Gasteiger partial charge in [-0.15, -0.1) is 0 Å². The lowest BCUT2D eigenvalue weighted by Gasteiger charge is -2.30. The minimum atomic E-state index is 0.0262. The van der Waals surface area contributed by atoms with E-state index in [0.717, 1.165) is 11.5 Å². The average Bonchev–Trinajstić information content (AvgIpc) is 3.56. The van der Waals surface area contributed by atoms with Gasteiger partial charge in [-0.1, -0.05) is 112 Å². The molecule has 3 atom stereocenters. The van der Waals surface area contributed by atoms with Crippen molar-refractivity contribution in [3.05, 3.63) is 96.1 Å². The second kappa shape index (κ2) is 8.94. The maximum absolute atomic E-state index is 13.2. The number of rotatable bonds is 6. The molecule has 0 bridgehead atoms. The maximum atomic E-state index is 13.2. The van der Waals surface area contributed by atoms with E-state index in [1.165, 1.54) is 55.2 Å². The minimum Gasteiger partial charge on any atom is -0.345 e. The van der Waals surface area contributed by atoms with Crippen LogP contribution in [0.5, 0.6) is 0 Å². The van der Waals surface area contributed by atoms with E-state index in [1.54, 1.807) is 0 Å². The molecule has 2 heteroatoms. The van der Waals surface area contributed by atoms with Crippen molar-refractivity contribution in [2.75, 3.05) is 0 Å². The van der Waals surface area contributed by atoms with Gasteiger partial charge in [0.05, 0.1) is 6.04 Å². The normalized spacial score (nSPS) is 24.0. The summed E-state index contributed by atoms with van der Waals surface area (Å²) in [5, 5.41) is 3.44. The van der Waals surface area contributed by atoms with Crippen molar-refractivity contribution < 1.29 is 4.79 Å². The molecule has 0 aromatic heterocycles. The Kier molecular flexibility index (Phi) is 5.87. The lowest BCUT2D eigenvalue weighted by Crippen LogP contribution is -2.35. The number of hydrogen-bond donors (Lipinski definition) is 1. The van der Waals surface area contributed by atoms with Crippen LogP contribution in [0.3, 0.4) is 0 Å². The average molecular weight is 424 g/mol. The Labute approximate surface area is 192 Å². The van der Waals surface area contributed by atoms with E-state index >= 15 is 0 Å². The quantitative estimate of drug-likeness (QED) is 0.439. The van der Waals surface area contributed by atoms with Crippen LogP contribution < -0.4 is 5.32 Å². The molecule has 0 unspecified atom stereocenters. The van der Waals surface area contributed by atoms with E-state index in [1.807, 2.05) is 36.4 Å². The van der Waals surface area contributed by atoms with Gasteiger partial charge in [-0.3, -0.25) is 4.79 Å². The molecule has 0 spiro atoms. The monoisotopic (exact) mass is 423 g/mol. The zero-order chi connectivity index (χ0) is 22.0. The van der Waals surface area contributed by atoms with E-state index in [-0.39, 0.29) is 17.4 Å². The fourth-order valence-electron chi connectivity index (χ4n) is 5.92. The molecular weight excluding hydrogens is 390 g/mol. The Morgan fingerprint density at radius 3 is 2.06 bits per heavy atom. The van der Waals surface area contributed by atoms with Crippen molar-refractivity contribution in [1.82, 2.24) is 5.32 Å². The van der Waals surface area contributed by atoms with Gasteiger partial charge in [-0.2, -0.15) is 0 Å². The summed E-state index contributed by atoms with van der Waals surface area (Å²) < 4.78 is 0. The van der Waals surface area contributed by atoms with E-state index < -0.39 is 0 Å². The highest BCUT2D eigenvalue weighted by molar-refractivity contribution is 5.94.